The van der Waals surface area contributed by atoms with E-state index in [1.807, 2.05) is 24.3 Å². The standard InChI is InChI=1S/C15H24N2O2/c16-12-13-4-6-15(7-5-13)19-11-9-17(8-10-18)14-2-1-3-14/h4-7,14,18H,1-3,8-12,16H2. The lowest BCUT2D eigenvalue weighted by Crippen LogP contribution is -2.43. The highest BCUT2D eigenvalue weighted by Crippen LogP contribution is 2.24. The molecular formula is C15H24N2O2. The second kappa shape index (κ2) is 7.48. The summed E-state index contributed by atoms with van der Waals surface area (Å²) in [6, 6.07) is 8.55. The van der Waals surface area contributed by atoms with E-state index in [1.165, 1.54) is 19.3 Å². The second-order valence-electron chi connectivity index (χ2n) is 5.04. The lowest BCUT2D eigenvalue weighted by atomic mass is 9.91. The SMILES string of the molecule is NCc1ccc(OCCN(CCO)C2CCC2)cc1. The molecule has 3 N–H and O–H groups in total. The first-order valence-corrected chi connectivity index (χ1v) is 7.10. The average Bonchev–Trinajstić information content (AvgIpc) is 2.38. The van der Waals surface area contributed by atoms with Crippen molar-refractivity contribution in [1.29, 1.82) is 0 Å². The number of aliphatic hydroxyl groups is 1. The van der Waals surface area contributed by atoms with Gasteiger partial charge in [-0.05, 0) is 30.5 Å². The molecule has 0 unspecified atom stereocenters. The summed E-state index contributed by atoms with van der Waals surface area (Å²) < 4.78 is 5.74. The van der Waals surface area contributed by atoms with Crippen molar-refractivity contribution in [2.45, 2.75) is 31.8 Å². The van der Waals surface area contributed by atoms with Crippen LogP contribution in [0, 0.1) is 0 Å². The topological polar surface area (TPSA) is 58.7 Å². The Balaban J connectivity index is 1.74. The van der Waals surface area contributed by atoms with Gasteiger partial charge < -0.3 is 15.6 Å². The Hall–Kier alpha value is -1.10. The largest absolute Gasteiger partial charge is 0.492 e. The van der Waals surface area contributed by atoms with E-state index in [2.05, 4.69) is 4.90 Å². The van der Waals surface area contributed by atoms with Gasteiger partial charge in [-0.25, -0.2) is 0 Å². The highest BCUT2D eigenvalue weighted by Gasteiger charge is 2.24. The Bertz CT molecular complexity index is 363. The molecular weight excluding hydrogens is 240 g/mol. The summed E-state index contributed by atoms with van der Waals surface area (Å²) >= 11 is 0. The Morgan fingerprint density at radius 1 is 1.21 bits per heavy atom. The summed E-state index contributed by atoms with van der Waals surface area (Å²) in [5.74, 6) is 0.884. The fraction of sp³-hybridized carbons (Fsp3) is 0.600. The summed E-state index contributed by atoms with van der Waals surface area (Å²) in [4.78, 5) is 2.33. The van der Waals surface area contributed by atoms with Crippen molar-refractivity contribution < 1.29 is 9.84 Å². The molecule has 0 spiro atoms. The van der Waals surface area contributed by atoms with Crippen molar-refractivity contribution in [2.24, 2.45) is 5.73 Å². The van der Waals surface area contributed by atoms with Crippen LogP contribution in [0.5, 0.6) is 5.75 Å². The smallest absolute Gasteiger partial charge is 0.119 e. The van der Waals surface area contributed by atoms with Crippen LogP contribution in [0.2, 0.25) is 0 Å². The van der Waals surface area contributed by atoms with Crippen LogP contribution in [0.4, 0.5) is 0 Å². The van der Waals surface area contributed by atoms with Crippen LogP contribution in [-0.4, -0.2) is 42.4 Å². The quantitative estimate of drug-likeness (QED) is 0.744. The normalized spacial score (nSPS) is 15.5. The van der Waals surface area contributed by atoms with Crippen LogP contribution >= 0.6 is 0 Å². The molecule has 1 aliphatic rings. The van der Waals surface area contributed by atoms with Crippen LogP contribution in [0.25, 0.3) is 0 Å². The Morgan fingerprint density at radius 3 is 2.47 bits per heavy atom. The molecule has 2 rings (SSSR count). The van der Waals surface area contributed by atoms with Gasteiger partial charge in [-0.3, -0.25) is 4.90 Å². The van der Waals surface area contributed by atoms with Crippen molar-refractivity contribution in [3.8, 4) is 5.75 Å². The van der Waals surface area contributed by atoms with Crippen molar-refractivity contribution >= 4 is 0 Å². The molecule has 4 nitrogen and oxygen atoms in total. The van der Waals surface area contributed by atoms with Gasteiger partial charge in [0.15, 0.2) is 0 Å². The average molecular weight is 264 g/mol. The minimum atomic E-state index is 0.224. The maximum Gasteiger partial charge on any atom is 0.119 e. The van der Waals surface area contributed by atoms with E-state index in [0.29, 0.717) is 19.2 Å². The lowest BCUT2D eigenvalue weighted by Gasteiger charge is -2.37. The zero-order valence-electron chi connectivity index (χ0n) is 11.4. The van der Waals surface area contributed by atoms with Gasteiger partial charge in [0.25, 0.3) is 0 Å². The van der Waals surface area contributed by atoms with Crippen LogP contribution < -0.4 is 10.5 Å². The van der Waals surface area contributed by atoms with Crippen LogP contribution in [-0.2, 0) is 6.54 Å². The molecule has 4 heteroatoms. The van der Waals surface area contributed by atoms with E-state index < -0.39 is 0 Å². The Kier molecular flexibility index (Phi) is 5.63. The minimum absolute atomic E-state index is 0.224. The van der Waals surface area contributed by atoms with E-state index in [-0.39, 0.29) is 6.61 Å². The number of nitrogens with two attached hydrogens (primary N) is 1. The molecule has 0 amide bonds. The molecule has 1 aliphatic carbocycles. The van der Waals surface area contributed by atoms with Crippen molar-refractivity contribution in [2.75, 3.05) is 26.3 Å². The molecule has 1 aromatic rings. The van der Waals surface area contributed by atoms with Gasteiger partial charge in [-0.2, -0.15) is 0 Å². The summed E-state index contributed by atoms with van der Waals surface area (Å²) in [5, 5.41) is 9.08. The molecule has 106 valence electrons. The molecule has 19 heavy (non-hydrogen) atoms. The number of hydrogen-bond donors (Lipinski definition) is 2. The third-order valence-electron chi connectivity index (χ3n) is 3.78. The van der Waals surface area contributed by atoms with Crippen LogP contribution in [0.1, 0.15) is 24.8 Å². The predicted molar refractivity (Wildman–Crippen MR) is 76.1 cm³/mol. The Morgan fingerprint density at radius 2 is 1.95 bits per heavy atom. The highest BCUT2D eigenvalue weighted by molar-refractivity contribution is 5.27. The number of hydrogen-bond acceptors (Lipinski definition) is 4. The van der Waals surface area contributed by atoms with Crippen molar-refractivity contribution in [3.63, 3.8) is 0 Å². The van der Waals surface area contributed by atoms with E-state index >= 15 is 0 Å². The molecule has 1 saturated carbocycles. The number of nitrogens with zero attached hydrogens (tertiary/aromatic N) is 1. The van der Waals surface area contributed by atoms with Crippen LogP contribution in [0.15, 0.2) is 24.3 Å². The van der Waals surface area contributed by atoms with Crippen molar-refractivity contribution in [3.05, 3.63) is 29.8 Å². The van der Waals surface area contributed by atoms with Gasteiger partial charge in [0.05, 0.1) is 6.61 Å². The van der Waals surface area contributed by atoms with E-state index in [1.54, 1.807) is 0 Å². The molecule has 0 radical (unpaired) electrons. The molecule has 0 atom stereocenters. The zero-order valence-corrected chi connectivity index (χ0v) is 11.4. The maximum atomic E-state index is 9.08. The van der Waals surface area contributed by atoms with E-state index in [0.717, 1.165) is 24.4 Å². The first kappa shape index (κ1) is 14.3. The van der Waals surface area contributed by atoms with E-state index in [4.69, 9.17) is 15.6 Å². The van der Waals surface area contributed by atoms with Gasteiger partial charge in [0.2, 0.25) is 0 Å². The first-order valence-electron chi connectivity index (χ1n) is 7.10. The molecule has 1 fully saturated rings. The summed E-state index contributed by atoms with van der Waals surface area (Å²) in [6.07, 6.45) is 3.82. The van der Waals surface area contributed by atoms with Gasteiger partial charge >= 0.3 is 0 Å². The first-order chi connectivity index (χ1) is 9.33. The third kappa shape index (κ3) is 4.20. The monoisotopic (exact) mass is 264 g/mol. The molecule has 0 aromatic heterocycles. The summed E-state index contributed by atoms with van der Waals surface area (Å²) in [6.45, 7) is 3.08. The molecule has 0 saturated heterocycles. The Labute approximate surface area is 115 Å². The zero-order chi connectivity index (χ0) is 13.5. The molecule has 1 aromatic carbocycles. The maximum absolute atomic E-state index is 9.08. The summed E-state index contributed by atoms with van der Waals surface area (Å²) in [5.41, 5.74) is 6.67. The third-order valence-corrected chi connectivity index (χ3v) is 3.78. The fourth-order valence-corrected chi connectivity index (χ4v) is 2.36. The number of rotatable bonds is 8. The molecule has 0 aliphatic heterocycles. The van der Waals surface area contributed by atoms with Gasteiger partial charge in [-0.1, -0.05) is 18.6 Å². The minimum Gasteiger partial charge on any atom is -0.492 e. The van der Waals surface area contributed by atoms with Gasteiger partial charge in [0.1, 0.15) is 12.4 Å². The lowest BCUT2D eigenvalue weighted by molar-refractivity contribution is 0.0860. The van der Waals surface area contributed by atoms with Crippen molar-refractivity contribution in [1.82, 2.24) is 4.90 Å². The number of ether oxygens (including phenoxy) is 1. The van der Waals surface area contributed by atoms with E-state index in [9.17, 15) is 0 Å². The van der Waals surface area contributed by atoms with Crippen LogP contribution in [0.3, 0.4) is 0 Å². The fourth-order valence-electron chi connectivity index (χ4n) is 2.36. The number of aliphatic hydroxyl groups excluding tert-OH is 1. The molecule has 0 heterocycles. The van der Waals surface area contributed by atoms with Gasteiger partial charge in [0, 0.05) is 25.7 Å². The predicted octanol–water partition coefficient (Wildman–Crippen LogP) is 1.37. The second-order valence-corrected chi connectivity index (χ2v) is 5.04. The highest BCUT2D eigenvalue weighted by atomic mass is 16.5. The molecule has 0 bridgehead atoms. The summed E-state index contributed by atoms with van der Waals surface area (Å²) in [7, 11) is 0. The number of benzene rings is 1. The van der Waals surface area contributed by atoms with Gasteiger partial charge in [-0.15, -0.1) is 0 Å².